The number of esters is 1. The molecule has 0 fully saturated rings. The fourth-order valence-electron chi connectivity index (χ4n) is 1.23. The maximum atomic E-state index is 11.3. The number of carbonyl (C=O) groups is 1. The van der Waals surface area contributed by atoms with E-state index < -0.39 is 0 Å². The summed E-state index contributed by atoms with van der Waals surface area (Å²) >= 11 is 2.64. The van der Waals surface area contributed by atoms with Crippen molar-refractivity contribution in [2.75, 3.05) is 7.11 Å². The maximum Gasteiger partial charge on any atom is 0.348 e. The molecule has 0 bridgehead atoms. The van der Waals surface area contributed by atoms with Gasteiger partial charge in [0, 0.05) is 5.38 Å². The van der Waals surface area contributed by atoms with Crippen LogP contribution in [0.15, 0.2) is 22.5 Å². The minimum atomic E-state index is -0.356. The summed E-state index contributed by atoms with van der Waals surface area (Å²) in [4.78, 5) is 20.8. The summed E-state index contributed by atoms with van der Waals surface area (Å²) in [6.45, 7) is 0. The molecule has 4 N–H and O–H groups in total. The molecule has 2 rings (SSSR count). The molecule has 0 saturated carbocycles. The number of thiazole rings is 1. The Kier molecular flexibility index (Phi) is 3.58. The highest BCUT2D eigenvalue weighted by molar-refractivity contribution is 7.18. The van der Waals surface area contributed by atoms with Gasteiger partial charge in [-0.15, -0.1) is 22.7 Å². The highest BCUT2D eigenvalue weighted by Crippen LogP contribution is 2.31. The number of aliphatic imine (C=N–C) groups is 1. The highest BCUT2D eigenvalue weighted by atomic mass is 32.1. The maximum absolute atomic E-state index is 11.3. The largest absolute Gasteiger partial charge is 0.465 e. The van der Waals surface area contributed by atoms with Crippen LogP contribution in [-0.2, 0) is 4.74 Å². The Morgan fingerprint density at radius 1 is 1.44 bits per heavy atom. The molecule has 0 atom stereocenters. The minimum absolute atomic E-state index is 0.0303. The first kappa shape index (κ1) is 12.5. The number of aromatic nitrogens is 1. The van der Waals surface area contributed by atoms with E-state index in [4.69, 9.17) is 11.5 Å². The summed E-state index contributed by atoms with van der Waals surface area (Å²) in [6.07, 6.45) is 0. The molecule has 0 aromatic carbocycles. The Morgan fingerprint density at radius 2 is 2.22 bits per heavy atom. The summed E-state index contributed by atoms with van der Waals surface area (Å²) in [5.41, 5.74) is 11.3. The van der Waals surface area contributed by atoms with E-state index in [9.17, 15) is 4.79 Å². The molecule has 94 valence electrons. The van der Waals surface area contributed by atoms with Crippen molar-refractivity contribution in [3.05, 3.63) is 22.4 Å². The Morgan fingerprint density at radius 3 is 2.89 bits per heavy atom. The molecule has 0 spiro atoms. The number of ether oxygens (including phenoxy) is 1. The predicted molar refractivity (Wildman–Crippen MR) is 72.2 cm³/mol. The summed E-state index contributed by atoms with van der Waals surface area (Å²) in [5.74, 6) is -0.386. The van der Waals surface area contributed by atoms with E-state index in [1.807, 2.05) is 11.4 Å². The third-order valence-electron chi connectivity index (χ3n) is 1.96. The number of nitrogens with two attached hydrogens (primary N) is 2. The SMILES string of the molecule is COC(=O)c1ccc(-c2csc(N=C(N)N)n2)s1. The van der Waals surface area contributed by atoms with Crippen LogP contribution in [0.25, 0.3) is 10.6 Å². The van der Waals surface area contributed by atoms with E-state index in [1.54, 1.807) is 6.07 Å². The molecule has 0 radical (unpaired) electrons. The molecule has 2 heterocycles. The fourth-order valence-corrected chi connectivity index (χ4v) is 2.89. The topological polar surface area (TPSA) is 104 Å². The van der Waals surface area contributed by atoms with Crippen molar-refractivity contribution in [1.82, 2.24) is 4.98 Å². The monoisotopic (exact) mass is 282 g/mol. The molecule has 0 saturated heterocycles. The van der Waals surface area contributed by atoms with Gasteiger partial charge in [-0.25, -0.2) is 9.78 Å². The fraction of sp³-hybridized carbons (Fsp3) is 0.100. The van der Waals surface area contributed by atoms with Crippen LogP contribution in [0, 0.1) is 0 Å². The molecule has 2 aromatic heterocycles. The first-order valence-corrected chi connectivity index (χ1v) is 6.53. The Labute approximate surface area is 111 Å². The third kappa shape index (κ3) is 2.66. The molecular formula is C10H10N4O2S2. The van der Waals surface area contributed by atoms with Crippen LogP contribution >= 0.6 is 22.7 Å². The lowest BCUT2D eigenvalue weighted by Crippen LogP contribution is -2.21. The molecule has 0 aliphatic rings. The standard InChI is InChI=1S/C10H10N4O2S2/c1-16-8(15)7-3-2-6(18-7)5-4-17-10(13-5)14-9(11)12/h2-4H,1H3,(H4,11,12,13,14). The molecule has 0 amide bonds. The highest BCUT2D eigenvalue weighted by Gasteiger charge is 2.12. The van der Waals surface area contributed by atoms with Crippen molar-refractivity contribution in [1.29, 1.82) is 0 Å². The second kappa shape index (κ2) is 5.15. The third-order valence-corrected chi connectivity index (χ3v) is 3.78. The number of nitrogens with zero attached hydrogens (tertiary/aromatic N) is 2. The van der Waals surface area contributed by atoms with Crippen molar-refractivity contribution in [2.24, 2.45) is 16.5 Å². The van der Waals surface area contributed by atoms with Crippen LogP contribution in [0.1, 0.15) is 9.67 Å². The van der Waals surface area contributed by atoms with Crippen LogP contribution in [-0.4, -0.2) is 24.0 Å². The van der Waals surface area contributed by atoms with Gasteiger partial charge >= 0.3 is 5.97 Å². The zero-order chi connectivity index (χ0) is 13.1. The number of carbonyl (C=O) groups excluding carboxylic acids is 1. The molecule has 0 unspecified atom stereocenters. The second-order valence-electron chi connectivity index (χ2n) is 3.21. The van der Waals surface area contributed by atoms with Crippen molar-refractivity contribution in [3.63, 3.8) is 0 Å². The minimum Gasteiger partial charge on any atom is -0.465 e. The molecule has 0 aliphatic heterocycles. The molecule has 2 aromatic rings. The number of methoxy groups -OCH3 is 1. The van der Waals surface area contributed by atoms with Gasteiger partial charge in [-0.2, -0.15) is 4.99 Å². The van der Waals surface area contributed by atoms with Crippen molar-refractivity contribution < 1.29 is 9.53 Å². The van der Waals surface area contributed by atoms with Gasteiger partial charge < -0.3 is 16.2 Å². The summed E-state index contributed by atoms with van der Waals surface area (Å²) < 4.78 is 4.64. The molecule has 8 heteroatoms. The first-order valence-electron chi connectivity index (χ1n) is 4.84. The lowest BCUT2D eigenvalue weighted by molar-refractivity contribution is 0.0606. The Bertz CT molecular complexity index is 599. The second-order valence-corrected chi connectivity index (χ2v) is 5.13. The molecule has 18 heavy (non-hydrogen) atoms. The number of guanidine groups is 1. The molecule has 6 nitrogen and oxygen atoms in total. The van der Waals surface area contributed by atoms with Crippen molar-refractivity contribution >= 4 is 39.7 Å². The van der Waals surface area contributed by atoms with E-state index in [0.717, 1.165) is 10.6 Å². The van der Waals surface area contributed by atoms with Crippen LogP contribution in [0.3, 0.4) is 0 Å². The smallest absolute Gasteiger partial charge is 0.348 e. The van der Waals surface area contributed by atoms with Crippen molar-refractivity contribution in [2.45, 2.75) is 0 Å². The van der Waals surface area contributed by atoms with Gasteiger partial charge in [-0.05, 0) is 12.1 Å². The van der Waals surface area contributed by atoms with E-state index in [-0.39, 0.29) is 11.9 Å². The first-order chi connectivity index (χ1) is 8.60. The zero-order valence-corrected chi connectivity index (χ0v) is 11.0. The number of rotatable bonds is 3. The summed E-state index contributed by atoms with van der Waals surface area (Å²) in [7, 11) is 1.35. The Balaban J connectivity index is 2.26. The van der Waals surface area contributed by atoms with Gasteiger partial charge in [-0.3, -0.25) is 0 Å². The lowest BCUT2D eigenvalue weighted by Gasteiger charge is -1.92. The predicted octanol–water partition coefficient (Wildman–Crippen LogP) is 1.56. The van der Waals surface area contributed by atoms with Crippen LogP contribution in [0.5, 0.6) is 0 Å². The van der Waals surface area contributed by atoms with Gasteiger partial charge in [0.15, 0.2) is 5.96 Å². The van der Waals surface area contributed by atoms with Crippen LogP contribution in [0.4, 0.5) is 5.13 Å². The zero-order valence-electron chi connectivity index (χ0n) is 9.41. The molecular weight excluding hydrogens is 272 g/mol. The Hall–Kier alpha value is -1.93. The van der Waals surface area contributed by atoms with Gasteiger partial charge in [0.2, 0.25) is 5.13 Å². The summed E-state index contributed by atoms with van der Waals surface area (Å²) in [5, 5.41) is 2.31. The lowest BCUT2D eigenvalue weighted by atomic mass is 10.4. The number of thiophene rings is 1. The van der Waals surface area contributed by atoms with Crippen LogP contribution < -0.4 is 11.5 Å². The van der Waals surface area contributed by atoms with Crippen molar-refractivity contribution in [3.8, 4) is 10.6 Å². The number of hydrogen-bond donors (Lipinski definition) is 2. The molecule has 0 aliphatic carbocycles. The van der Waals surface area contributed by atoms with E-state index in [0.29, 0.717) is 10.0 Å². The number of hydrogen-bond acceptors (Lipinski definition) is 6. The average molecular weight is 282 g/mol. The van der Waals surface area contributed by atoms with E-state index in [2.05, 4.69) is 14.7 Å². The van der Waals surface area contributed by atoms with E-state index in [1.165, 1.54) is 29.8 Å². The summed E-state index contributed by atoms with van der Waals surface area (Å²) in [6, 6.07) is 3.51. The average Bonchev–Trinajstić information content (AvgIpc) is 2.95. The van der Waals surface area contributed by atoms with Gasteiger partial charge in [0.05, 0.1) is 17.7 Å². The van der Waals surface area contributed by atoms with E-state index >= 15 is 0 Å². The normalized spacial score (nSPS) is 10.1. The van der Waals surface area contributed by atoms with Gasteiger partial charge in [0.1, 0.15) is 4.88 Å². The quantitative estimate of drug-likeness (QED) is 0.505. The van der Waals surface area contributed by atoms with Gasteiger partial charge in [0.25, 0.3) is 0 Å². The van der Waals surface area contributed by atoms with Crippen LogP contribution in [0.2, 0.25) is 0 Å². The van der Waals surface area contributed by atoms with Gasteiger partial charge in [-0.1, -0.05) is 0 Å².